The van der Waals surface area contributed by atoms with E-state index in [0.29, 0.717) is 22.8 Å². The maximum absolute atomic E-state index is 13.1. The molecule has 4 aromatic rings. The summed E-state index contributed by atoms with van der Waals surface area (Å²) in [5.41, 5.74) is 3.74. The molecular formula is C20H18N4O2. The minimum Gasteiger partial charge on any atom is -0.463 e. The van der Waals surface area contributed by atoms with E-state index in [4.69, 9.17) is 4.42 Å². The summed E-state index contributed by atoms with van der Waals surface area (Å²) in [7, 11) is 1.81. The summed E-state index contributed by atoms with van der Waals surface area (Å²) in [6.45, 7) is 3.86. The Balaban J connectivity index is 1.83. The van der Waals surface area contributed by atoms with E-state index in [9.17, 15) is 4.79 Å². The van der Waals surface area contributed by atoms with Crippen molar-refractivity contribution in [1.82, 2.24) is 14.8 Å². The first kappa shape index (κ1) is 16.1. The Labute approximate surface area is 150 Å². The van der Waals surface area contributed by atoms with Crippen molar-refractivity contribution in [2.75, 3.05) is 5.32 Å². The Kier molecular flexibility index (Phi) is 3.80. The summed E-state index contributed by atoms with van der Waals surface area (Å²) >= 11 is 0. The monoisotopic (exact) mass is 346 g/mol. The van der Waals surface area contributed by atoms with Crippen molar-refractivity contribution in [2.45, 2.75) is 13.8 Å². The van der Waals surface area contributed by atoms with Crippen LogP contribution in [0.25, 0.3) is 22.4 Å². The highest BCUT2D eigenvalue weighted by molar-refractivity contribution is 6.13. The van der Waals surface area contributed by atoms with Gasteiger partial charge in [0.05, 0.1) is 23.0 Å². The predicted octanol–water partition coefficient (Wildman–Crippen LogP) is 4.10. The van der Waals surface area contributed by atoms with Gasteiger partial charge in [-0.2, -0.15) is 5.10 Å². The van der Waals surface area contributed by atoms with E-state index in [2.05, 4.69) is 15.4 Å². The van der Waals surface area contributed by atoms with Crippen LogP contribution in [0.4, 0.5) is 5.82 Å². The van der Waals surface area contributed by atoms with Crippen molar-refractivity contribution in [1.29, 1.82) is 0 Å². The lowest BCUT2D eigenvalue weighted by Gasteiger charge is -2.10. The van der Waals surface area contributed by atoms with E-state index in [1.165, 1.54) is 0 Å². The third-order valence-electron chi connectivity index (χ3n) is 4.49. The normalized spacial score (nSPS) is 11.0. The number of benzene rings is 1. The smallest absolute Gasteiger partial charge is 0.257 e. The quantitative estimate of drug-likeness (QED) is 0.606. The van der Waals surface area contributed by atoms with E-state index in [0.717, 1.165) is 22.2 Å². The second kappa shape index (κ2) is 6.15. The number of hydrogen-bond acceptors (Lipinski definition) is 4. The first-order valence-corrected chi connectivity index (χ1v) is 8.30. The van der Waals surface area contributed by atoms with Crippen LogP contribution in [0.15, 0.2) is 53.1 Å². The van der Waals surface area contributed by atoms with Crippen molar-refractivity contribution >= 4 is 22.6 Å². The van der Waals surface area contributed by atoms with Crippen LogP contribution in [0.2, 0.25) is 0 Å². The van der Waals surface area contributed by atoms with Gasteiger partial charge in [0.1, 0.15) is 11.5 Å². The van der Waals surface area contributed by atoms with Crippen LogP contribution >= 0.6 is 0 Å². The van der Waals surface area contributed by atoms with Crippen molar-refractivity contribution in [3.05, 3.63) is 65.5 Å². The van der Waals surface area contributed by atoms with Crippen molar-refractivity contribution in [2.24, 2.45) is 7.05 Å². The average Bonchev–Trinajstić information content (AvgIpc) is 3.25. The summed E-state index contributed by atoms with van der Waals surface area (Å²) in [5.74, 6) is 1.10. The molecule has 0 atom stereocenters. The Morgan fingerprint density at radius 3 is 2.65 bits per heavy atom. The number of para-hydroxylation sites is 1. The molecule has 0 saturated heterocycles. The minimum absolute atomic E-state index is 0.206. The third-order valence-corrected chi connectivity index (χ3v) is 4.49. The molecule has 0 spiro atoms. The van der Waals surface area contributed by atoms with Gasteiger partial charge < -0.3 is 9.73 Å². The fraction of sp³-hybridized carbons (Fsp3) is 0.150. The lowest BCUT2D eigenvalue weighted by atomic mass is 10.1. The molecule has 3 aromatic heterocycles. The van der Waals surface area contributed by atoms with Crippen molar-refractivity contribution in [3.63, 3.8) is 0 Å². The summed E-state index contributed by atoms with van der Waals surface area (Å²) in [4.78, 5) is 17.7. The highest BCUT2D eigenvalue weighted by Gasteiger charge is 2.18. The number of pyridine rings is 1. The van der Waals surface area contributed by atoms with Gasteiger partial charge in [-0.25, -0.2) is 4.98 Å². The molecule has 0 aliphatic rings. The van der Waals surface area contributed by atoms with Crippen LogP contribution < -0.4 is 5.32 Å². The molecule has 1 amide bonds. The maximum Gasteiger partial charge on any atom is 0.257 e. The van der Waals surface area contributed by atoms with Gasteiger partial charge in [-0.15, -0.1) is 0 Å². The molecule has 26 heavy (non-hydrogen) atoms. The first-order chi connectivity index (χ1) is 12.5. The number of anilines is 1. The predicted molar refractivity (Wildman–Crippen MR) is 100 cm³/mol. The number of fused-ring (bicyclic) bond motifs is 1. The Morgan fingerprint density at radius 2 is 1.96 bits per heavy atom. The Bertz CT molecular complexity index is 1110. The van der Waals surface area contributed by atoms with Gasteiger partial charge in [0.2, 0.25) is 0 Å². The zero-order chi connectivity index (χ0) is 18.3. The van der Waals surface area contributed by atoms with Gasteiger partial charge in [0.15, 0.2) is 5.76 Å². The van der Waals surface area contributed by atoms with Crippen LogP contribution in [0.3, 0.4) is 0 Å². The van der Waals surface area contributed by atoms with Crippen LogP contribution in [0, 0.1) is 13.8 Å². The molecule has 3 heterocycles. The molecule has 6 heteroatoms. The first-order valence-electron chi connectivity index (χ1n) is 8.30. The number of rotatable bonds is 3. The molecule has 6 nitrogen and oxygen atoms in total. The molecule has 1 N–H and O–H groups in total. The SMILES string of the molecule is Cc1nn(C)c(NC(=O)c2cc(-c3ccco3)nc3ccccc23)c1C. The molecule has 1 aromatic carbocycles. The topological polar surface area (TPSA) is 73.0 Å². The fourth-order valence-corrected chi connectivity index (χ4v) is 3.03. The van der Waals surface area contributed by atoms with E-state index >= 15 is 0 Å². The summed E-state index contributed by atoms with van der Waals surface area (Å²) in [5, 5.41) is 8.12. The average molecular weight is 346 g/mol. The van der Waals surface area contributed by atoms with Crippen molar-refractivity contribution in [3.8, 4) is 11.5 Å². The van der Waals surface area contributed by atoms with Gasteiger partial charge in [0, 0.05) is 18.0 Å². The number of aryl methyl sites for hydroxylation is 2. The number of nitrogens with one attached hydrogen (secondary N) is 1. The van der Waals surface area contributed by atoms with E-state index in [1.807, 2.05) is 51.2 Å². The third kappa shape index (κ3) is 2.65. The standard InChI is InChI=1S/C20H18N4O2/c1-12-13(2)23-24(3)19(12)22-20(25)15-11-17(18-9-6-10-26-18)21-16-8-5-4-7-14(15)16/h4-11H,1-3H3,(H,22,25). The number of carbonyl (C=O) groups is 1. The number of amides is 1. The van der Waals surface area contributed by atoms with Gasteiger partial charge in [-0.1, -0.05) is 18.2 Å². The van der Waals surface area contributed by atoms with Crippen molar-refractivity contribution < 1.29 is 9.21 Å². The summed E-state index contributed by atoms with van der Waals surface area (Å²) in [6.07, 6.45) is 1.59. The number of aromatic nitrogens is 3. The second-order valence-electron chi connectivity index (χ2n) is 6.19. The lowest BCUT2D eigenvalue weighted by Crippen LogP contribution is -2.16. The summed E-state index contributed by atoms with van der Waals surface area (Å²) < 4.78 is 7.13. The highest BCUT2D eigenvalue weighted by atomic mass is 16.3. The van der Waals surface area contributed by atoms with Crippen LogP contribution in [-0.2, 0) is 7.05 Å². The highest BCUT2D eigenvalue weighted by Crippen LogP contribution is 2.26. The van der Waals surface area contributed by atoms with Gasteiger partial charge in [0.25, 0.3) is 5.91 Å². The van der Waals surface area contributed by atoms with Crippen LogP contribution in [0.1, 0.15) is 21.6 Å². The molecule has 0 aliphatic carbocycles. The van der Waals surface area contributed by atoms with Gasteiger partial charge in [-0.3, -0.25) is 9.48 Å². The second-order valence-corrected chi connectivity index (χ2v) is 6.19. The van der Waals surface area contributed by atoms with Gasteiger partial charge >= 0.3 is 0 Å². The molecule has 0 aliphatic heterocycles. The van der Waals surface area contributed by atoms with E-state index in [-0.39, 0.29) is 5.91 Å². The Hall–Kier alpha value is -3.41. The number of furan rings is 1. The maximum atomic E-state index is 13.1. The number of nitrogens with zero attached hydrogens (tertiary/aromatic N) is 3. The molecule has 0 fully saturated rings. The number of carbonyl (C=O) groups excluding carboxylic acids is 1. The number of hydrogen-bond donors (Lipinski definition) is 1. The zero-order valence-electron chi connectivity index (χ0n) is 14.8. The molecule has 4 rings (SSSR count). The molecule has 0 radical (unpaired) electrons. The van der Waals surface area contributed by atoms with E-state index < -0.39 is 0 Å². The largest absolute Gasteiger partial charge is 0.463 e. The molecule has 0 saturated carbocycles. The van der Waals surface area contributed by atoms with Crippen LogP contribution in [-0.4, -0.2) is 20.7 Å². The fourth-order valence-electron chi connectivity index (χ4n) is 3.03. The Morgan fingerprint density at radius 1 is 1.15 bits per heavy atom. The summed E-state index contributed by atoms with van der Waals surface area (Å²) in [6, 6.07) is 13.0. The lowest BCUT2D eigenvalue weighted by molar-refractivity contribution is 0.102. The minimum atomic E-state index is -0.206. The van der Waals surface area contributed by atoms with E-state index in [1.54, 1.807) is 23.1 Å². The molecule has 0 bridgehead atoms. The molecular weight excluding hydrogens is 328 g/mol. The molecule has 130 valence electrons. The van der Waals surface area contributed by atoms with Gasteiger partial charge in [-0.05, 0) is 38.1 Å². The molecule has 0 unspecified atom stereocenters. The zero-order valence-corrected chi connectivity index (χ0v) is 14.8. The van der Waals surface area contributed by atoms with Crippen LogP contribution in [0.5, 0.6) is 0 Å².